The zero-order valence-electron chi connectivity index (χ0n) is 11.0. The second kappa shape index (κ2) is 6.09. The Morgan fingerprint density at radius 1 is 1.50 bits per heavy atom. The van der Waals surface area contributed by atoms with Gasteiger partial charge >= 0.3 is 0 Å². The number of nitrogens with one attached hydrogen (secondary N) is 1. The van der Waals surface area contributed by atoms with E-state index in [1.165, 1.54) is 4.40 Å². The number of aliphatic hydroxyl groups is 1. The first-order chi connectivity index (χ1) is 9.42. The van der Waals surface area contributed by atoms with E-state index >= 15 is 0 Å². The van der Waals surface area contributed by atoms with Crippen molar-refractivity contribution in [3.63, 3.8) is 0 Å². The highest BCUT2D eigenvalue weighted by Crippen LogP contribution is 2.22. The molecule has 0 aromatic carbocycles. The molecule has 8 heteroatoms. The van der Waals surface area contributed by atoms with Crippen molar-refractivity contribution in [3.8, 4) is 0 Å². The van der Waals surface area contributed by atoms with Gasteiger partial charge in [-0.1, -0.05) is 17.7 Å². The van der Waals surface area contributed by atoms with Crippen LogP contribution < -0.4 is 4.72 Å². The van der Waals surface area contributed by atoms with Gasteiger partial charge in [0.05, 0.1) is 6.10 Å². The third-order valence-electron chi connectivity index (χ3n) is 2.79. The number of rotatable bonds is 6. The molecule has 6 nitrogen and oxygen atoms in total. The third kappa shape index (κ3) is 3.29. The van der Waals surface area contributed by atoms with Crippen molar-refractivity contribution in [2.45, 2.75) is 30.9 Å². The fourth-order valence-corrected chi connectivity index (χ4v) is 3.57. The summed E-state index contributed by atoms with van der Waals surface area (Å²) in [5.74, 6) is 0. The van der Waals surface area contributed by atoms with Crippen molar-refractivity contribution in [1.82, 2.24) is 14.1 Å². The van der Waals surface area contributed by atoms with E-state index < -0.39 is 16.1 Å². The summed E-state index contributed by atoms with van der Waals surface area (Å²) in [5, 5.41) is 9.02. The summed E-state index contributed by atoms with van der Waals surface area (Å²) in [4.78, 5) is 4.01. The Hall–Kier alpha value is -1.15. The Morgan fingerprint density at radius 3 is 2.95 bits per heavy atom. The lowest BCUT2D eigenvalue weighted by atomic mass is 10.2. The van der Waals surface area contributed by atoms with Gasteiger partial charge in [-0.05, 0) is 31.9 Å². The van der Waals surface area contributed by atoms with E-state index in [2.05, 4.69) is 9.71 Å². The number of hydrogen-bond acceptors (Lipinski definition) is 4. The van der Waals surface area contributed by atoms with E-state index in [0.717, 1.165) is 0 Å². The zero-order valence-corrected chi connectivity index (χ0v) is 12.5. The first kappa shape index (κ1) is 15.2. The minimum Gasteiger partial charge on any atom is -0.393 e. The van der Waals surface area contributed by atoms with E-state index in [1.54, 1.807) is 31.3 Å². The van der Waals surface area contributed by atoms with Crippen molar-refractivity contribution in [1.29, 1.82) is 0 Å². The van der Waals surface area contributed by atoms with E-state index in [1.807, 2.05) is 0 Å². The predicted octanol–water partition coefficient (Wildman–Crippen LogP) is 1.43. The Bertz CT molecular complexity index is 697. The van der Waals surface area contributed by atoms with Crippen LogP contribution in [0.2, 0.25) is 5.15 Å². The smallest absolute Gasteiger partial charge is 0.259 e. The Balaban J connectivity index is 2.21. The Kier molecular flexibility index (Phi) is 4.64. The first-order valence-corrected chi connectivity index (χ1v) is 8.08. The summed E-state index contributed by atoms with van der Waals surface area (Å²) in [5.41, 5.74) is 0.474. The largest absolute Gasteiger partial charge is 0.393 e. The number of aliphatic hydroxyl groups excluding tert-OH is 1. The molecule has 110 valence electrons. The summed E-state index contributed by atoms with van der Waals surface area (Å²) in [6.07, 6.45) is 2.23. The van der Waals surface area contributed by atoms with E-state index in [-0.39, 0.29) is 16.7 Å². The number of halogens is 1. The lowest BCUT2D eigenvalue weighted by Crippen LogP contribution is -2.26. The molecule has 0 saturated carbocycles. The van der Waals surface area contributed by atoms with Gasteiger partial charge in [-0.15, -0.1) is 0 Å². The Labute approximate surface area is 122 Å². The molecule has 0 bridgehead atoms. The fourth-order valence-electron chi connectivity index (χ4n) is 1.86. The molecule has 0 aliphatic heterocycles. The van der Waals surface area contributed by atoms with Crippen LogP contribution in [0.3, 0.4) is 0 Å². The van der Waals surface area contributed by atoms with Crippen LogP contribution in [0.1, 0.15) is 19.8 Å². The highest BCUT2D eigenvalue weighted by Gasteiger charge is 2.23. The Morgan fingerprint density at radius 2 is 2.25 bits per heavy atom. The highest BCUT2D eigenvalue weighted by molar-refractivity contribution is 7.89. The van der Waals surface area contributed by atoms with Gasteiger partial charge in [-0.2, -0.15) is 0 Å². The summed E-state index contributed by atoms with van der Waals surface area (Å²) in [6, 6.07) is 5.14. The first-order valence-electron chi connectivity index (χ1n) is 6.22. The molecule has 2 aromatic heterocycles. The summed E-state index contributed by atoms with van der Waals surface area (Å²) in [7, 11) is -3.74. The highest BCUT2D eigenvalue weighted by atomic mass is 35.5. The van der Waals surface area contributed by atoms with Gasteiger partial charge in [0.25, 0.3) is 10.0 Å². The molecule has 1 unspecified atom stereocenters. The van der Waals surface area contributed by atoms with Crippen molar-refractivity contribution >= 4 is 27.3 Å². The average Bonchev–Trinajstić information content (AvgIpc) is 2.71. The van der Waals surface area contributed by atoms with Gasteiger partial charge in [0.15, 0.2) is 10.2 Å². The molecule has 0 radical (unpaired) electrons. The van der Waals surface area contributed by atoms with Gasteiger partial charge in [-0.3, -0.25) is 4.40 Å². The average molecular weight is 318 g/mol. The number of imidazole rings is 1. The molecule has 2 aromatic rings. The number of aromatic nitrogens is 2. The van der Waals surface area contributed by atoms with Gasteiger partial charge < -0.3 is 5.11 Å². The maximum atomic E-state index is 12.3. The number of hydrogen-bond donors (Lipinski definition) is 2. The summed E-state index contributed by atoms with van der Waals surface area (Å²) < 4.78 is 28.4. The molecule has 0 fully saturated rings. The molecule has 0 spiro atoms. The van der Waals surface area contributed by atoms with E-state index in [9.17, 15) is 8.42 Å². The number of nitrogens with zero attached hydrogens (tertiary/aromatic N) is 2. The number of sulfonamides is 1. The molecule has 2 heterocycles. The summed E-state index contributed by atoms with van der Waals surface area (Å²) >= 11 is 5.92. The molecule has 20 heavy (non-hydrogen) atoms. The molecule has 1 atom stereocenters. The van der Waals surface area contributed by atoms with Crippen LogP contribution in [-0.4, -0.2) is 35.6 Å². The van der Waals surface area contributed by atoms with Gasteiger partial charge in [0, 0.05) is 12.7 Å². The van der Waals surface area contributed by atoms with Crippen molar-refractivity contribution in [3.05, 3.63) is 29.5 Å². The molecule has 0 saturated heterocycles. The van der Waals surface area contributed by atoms with Gasteiger partial charge in [0.2, 0.25) is 0 Å². The number of fused-ring (bicyclic) bond motifs is 1. The van der Waals surface area contributed by atoms with Gasteiger partial charge in [-0.25, -0.2) is 18.1 Å². The predicted molar refractivity (Wildman–Crippen MR) is 76.3 cm³/mol. The van der Waals surface area contributed by atoms with Crippen LogP contribution in [0.25, 0.3) is 5.65 Å². The molecule has 2 rings (SSSR count). The van der Waals surface area contributed by atoms with Crippen LogP contribution in [0, 0.1) is 0 Å². The zero-order chi connectivity index (χ0) is 14.8. The van der Waals surface area contributed by atoms with Gasteiger partial charge in [0.1, 0.15) is 5.65 Å². The quantitative estimate of drug-likeness (QED) is 0.789. The SMILES string of the molecule is CC(O)CCCNS(=O)(=O)c1c(Cl)nc2ccccn12. The summed E-state index contributed by atoms with van der Waals surface area (Å²) in [6.45, 7) is 1.90. The van der Waals surface area contributed by atoms with Crippen molar-refractivity contribution in [2.75, 3.05) is 6.54 Å². The van der Waals surface area contributed by atoms with Crippen LogP contribution in [0.15, 0.2) is 29.4 Å². The second-order valence-corrected chi connectivity index (χ2v) is 6.57. The topological polar surface area (TPSA) is 83.7 Å². The van der Waals surface area contributed by atoms with E-state index in [0.29, 0.717) is 18.5 Å². The minimum absolute atomic E-state index is 0.0563. The monoisotopic (exact) mass is 317 g/mol. The second-order valence-electron chi connectivity index (χ2n) is 4.53. The lowest BCUT2D eigenvalue weighted by Gasteiger charge is -2.07. The molecular weight excluding hydrogens is 302 g/mol. The third-order valence-corrected chi connectivity index (χ3v) is 4.65. The molecule has 2 N–H and O–H groups in total. The van der Waals surface area contributed by atoms with Crippen molar-refractivity contribution in [2.24, 2.45) is 0 Å². The molecule has 0 aliphatic carbocycles. The molecule has 0 aliphatic rings. The van der Waals surface area contributed by atoms with Crippen LogP contribution in [0.5, 0.6) is 0 Å². The molecular formula is C12H16ClN3O3S. The fraction of sp³-hybridized carbons (Fsp3) is 0.417. The van der Waals surface area contributed by atoms with Crippen molar-refractivity contribution < 1.29 is 13.5 Å². The van der Waals surface area contributed by atoms with Crippen LogP contribution in [-0.2, 0) is 10.0 Å². The standard InChI is InChI=1S/C12H16ClN3O3S/c1-9(17)5-4-7-14-20(18,19)12-11(13)15-10-6-2-3-8-16(10)12/h2-3,6,8-9,14,17H,4-5,7H2,1H3. The lowest BCUT2D eigenvalue weighted by molar-refractivity contribution is 0.182. The maximum absolute atomic E-state index is 12.3. The maximum Gasteiger partial charge on any atom is 0.259 e. The van der Waals surface area contributed by atoms with E-state index in [4.69, 9.17) is 16.7 Å². The van der Waals surface area contributed by atoms with Crippen LogP contribution >= 0.6 is 11.6 Å². The molecule has 0 amide bonds. The van der Waals surface area contributed by atoms with Crippen LogP contribution in [0.4, 0.5) is 0 Å². The number of pyridine rings is 1. The normalized spacial score (nSPS) is 13.8. The minimum atomic E-state index is -3.74.